The van der Waals surface area contributed by atoms with Crippen LogP contribution in [0.3, 0.4) is 0 Å². The number of allylic oxidation sites excluding steroid dienone is 5. The van der Waals surface area contributed by atoms with Gasteiger partial charge >= 0.3 is 0 Å². The van der Waals surface area contributed by atoms with Crippen LogP contribution in [-0.2, 0) is 14.3 Å². The van der Waals surface area contributed by atoms with Gasteiger partial charge in [0.15, 0.2) is 0 Å². The molecule has 2 aliphatic rings. The summed E-state index contributed by atoms with van der Waals surface area (Å²) in [6, 6.07) is 0. The first-order valence-electron chi connectivity index (χ1n) is 5.57. The monoisotopic (exact) mass is 321 g/mol. The van der Waals surface area contributed by atoms with Gasteiger partial charge in [0.25, 0.3) is 0 Å². The lowest BCUT2D eigenvalue weighted by atomic mass is 10.0. The molecule has 2 rings (SSSR count). The van der Waals surface area contributed by atoms with Crippen LogP contribution >= 0.6 is 34.8 Å². The molecule has 0 saturated carbocycles. The van der Waals surface area contributed by atoms with E-state index in [4.69, 9.17) is 39.5 Å². The predicted octanol–water partition coefficient (Wildman–Crippen LogP) is 2.17. The van der Waals surface area contributed by atoms with Crippen molar-refractivity contribution in [1.82, 2.24) is 4.90 Å². The normalized spacial score (nSPS) is 21.9. The number of Topliss-reactive ketones (excluding diaryl/α,β-unsaturated/α-hetero) is 2. The van der Waals surface area contributed by atoms with Gasteiger partial charge in [0.1, 0.15) is 15.1 Å². The summed E-state index contributed by atoms with van der Waals surface area (Å²) >= 11 is 17.2. The number of nitrogens with zero attached hydrogens (tertiary/aromatic N) is 1. The second-order valence-corrected chi connectivity index (χ2v) is 5.11. The summed E-state index contributed by atoms with van der Waals surface area (Å²) in [5, 5.41) is -0.832. The van der Waals surface area contributed by atoms with Crippen LogP contribution in [0.2, 0.25) is 0 Å². The van der Waals surface area contributed by atoms with Gasteiger partial charge in [-0.3, -0.25) is 9.59 Å². The summed E-state index contributed by atoms with van der Waals surface area (Å²) in [6.45, 7) is 2.68. The molecule has 4 nitrogen and oxygen atoms in total. The van der Waals surface area contributed by atoms with Crippen LogP contribution in [0.15, 0.2) is 32.9 Å². The molecule has 102 valence electrons. The predicted molar refractivity (Wildman–Crippen MR) is 73.2 cm³/mol. The third-order valence-corrected chi connectivity index (χ3v) is 3.96. The van der Waals surface area contributed by atoms with E-state index in [2.05, 4.69) is 0 Å². The Kier molecular flexibility index (Phi) is 4.68. The van der Waals surface area contributed by atoms with Crippen LogP contribution in [-0.4, -0.2) is 42.8 Å². The van der Waals surface area contributed by atoms with Gasteiger partial charge in [-0.2, -0.15) is 0 Å². The van der Waals surface area contributed by atoms with Crippen molar-refractivity contribution in [2.75, 3.05) is 26.3 Å². The minimum absolute atomic E-state index is 0.0626. The molecule has 0 aromatic heterocycles. The Bertz CT molecular complexity index is 516. The molecule has 0 aromatic carbocycles. The van der Waals surface area contributed by atoms with E-state index in [0.29, 0.717) is 26.3 Å². The van der Waals surface area contributed by atoms with E-state index >= 15 is 0 Å². The van der Waals surface area contributed by atoms with Crippen molar-refractivity contribution in [3.8, 4) is 0 Å². The highest BCUT2D eigenvalue weighted by atomic mass is 35.5. The van der Waals surface area contributed by atoms with Crippen molar-refractivity contribution in [2.24, 2.45) is 0 Å². The molecule has 7 heteroatoms. The van der Waals surface area contributed by atoms with E-state index in [1.807, 2.05) is 4.90 Å². The highest BCUT2D eigenvalue weighted by Gasteiger charge is 2.31. The summed E-state index contributed by atoms with van der Waals surface area (Å²) in [5.41, 5.74) is 0.0626. The number of ether oxygens (including phenoxy) is 1. The lowest BCUT2D eigenvalue weighted by molar-refractivity contribution is -0.115. The highest BCUT2D eigenvalue weighted by molar-refractivity contribution is 6.64. The first kappa shape index (κ1) is 14.6. The smallest absolute Gasteiger partial charge is 0.218 e. The van der Waals surface area contributed by atoms with Crippen molar-refractivity contribution in [1.29, 1.82) is 0 Å². The van der Waals surface area contributed by atoms with Gasteiger partial charge in [0.2, 0.25) is 11.6 Å². The number of ketones is 2. The first-order chi connectivity index (χ1) is 9.02. The van der Waals surface area contributed by atoms with Crippen molar-refractivity contribution in [3.05, 3.63) is 32.9 Å². The fourth-order valence-corrected chi connectivity index (χ4v) is 2.35. The first-order valence-corrected chi connectivity index (χ1v) is 6.70. The van der Waals surface area contributed by atoms with E-state index in [-0.39, 0.29) is 20.7 Å². The third-order valence-electron chi connectivity index (χ3n) is 2.77. The molecule has 19 heavy (non-hydrogen) atoms. The van der Waals surface area contributed by atoms with Crippen LogP contribution in [0.4, 0.5) is 0 Å². The standard InChI is InChI=1S/C12H10Cl3NO3/c13-8-7(1-2-16-3-5-19-6-4-16)11(17)9(14)10(15)12(8)18/h1-2H,3-6H2/b2-1+. The van der Waals surface area contributed by atoms with Crippen LogP contribution in [0.1, 0.15) is 0 Å². The summed E-state index contributed by atoms with van der Waals surface area (Å²) in [5.74, 6) is -1.17. The van der Waals surface area contributed by atoms with Crippen LogP contribution in [0.25, 0.3) is 0 Å². The summed E-state index contributed by atoms with van der Waals surface area (Å²) < 4.78 is 5.20. The maximum Gasteiger partial charge on any atom is 0.218 e. The minimum Gasteiger partial charge on any atom is -0.378 e. The van der Waals surface area contributed by atoms with E-state index in [1.165, 1.54) is 6.08 Å². The van der Waals surface area contributed by atoms with Gasteiger partial charge in [-0.05, 0) is 12.3 Å². The Morgan fingerprint density at radius 1 is 0.947 bits per heavy atom. The molecule has 0 spiro atoms. The molecule has 1 heterocycles. The fourth-order valence-electron chi connectivity index (χ4n) is 1.69. The number of halogens is 3. The third kappa shape index (κ3) is 3.03. The van der Waals surface area contributed by atoms with Crippen LogP contribution in [0.5, 0.6) is 0 Å². The van der Waals surface area contributed by atoms with Crippen LogP contribution < -0.4 is 0 Å². The van der Waals surface area contributed by atoms with E-state index in [0.717, 1.165) is 0 Å². The van der Waals surface area contributed by atoms with E-state index in [1.54, 1.807) is 6.20 Å². The summed E-state index contributed by atoms with van der Waals surface area (Å²) in [6.07, 6.45) is 3.19. The molecular formula is C12H10Cl3NO3. The fraction of sp³-hybridized carbons (Fsp3) is 0.333. The lowest BCUT2D eigenvalue weighted by Gasteiger charge is -2.25. The Morgan fingerprint density at radius 3 is 2.16 bits per heavy atom. The maximum atomic E-state index is 11.9. The summed E-state index contributed by atoms with van der Waals surface area (Å²) in [4.78, 5) is 25.5. The number of hydrogen-bond donors (Lipinski definition) is 0. The van der Waals surface area contributed by atoms with Gasteiger partial charge in [0, 0.05) is 18.7 Å². The van der Waals surface area contributed by atoms with Crippen LogP contribution in [0, 0.1) is 0 Å². The molecule has 1 aliphatic heterocycles. The Balaban J connectivity index is 2.21. The molecular weight excluding hydrogens is 312 g/mol. The largest absolute Gasteiger partial charge is 0.378 e. The van der Waals surface area contributed by atoms with Gasteiger partial charge in [-0.1, -0.05) is 34.8 Å². The topological polar surface area (TPSA) is 46.6 Å². The minimum atomic E-state index is -0.630. The zero-order chi connectivity index (χ0) is 14.0. The number of morpholine rings is 1. The lowest BCUT2D eigenvalue weighted by Crippen LogP contribution is -2.32. The van der Waals surface area contributed by atoms with E-state index in [9.17, 15) is 9.59 Å². The number of carbonyl (C=O) groups is 2. The van der Waals surface area contributed by atoms with Crippen molar-refractivity contribution >= 4 is 46.4 Å². The van der Waals surface area contributed by atoms with E-state index < -0.39 is 11.6 Å². The molecule has 0 amide bonds. The molecule has 0 radical (unpaired) electrons. The van der Waals surface area contributed by atoms with Crippen molar-refractivity contribution in [2.45, 2.75) is 0 Å². The highest BCUT2D eigenvalue weighted by Crippen LogP contribution is 2.31. The maximum absolute atomic E-state index is 11.9. The van der Waals surface area contributed by atoms with Crippen molar-refractivity contribution in [3.63, 3.8) is 0 Å². The molecule has 0 unspecified atom stereocenters. The molecule has 0 aromatic rings. The van der Waals surface area contributed by atoms with Crippen molar-refractivity contribution < 1.29 is 14.3 Å². The van der Waals surface area contributed by atoms with Gasteiger partial charge in [-0.15, -0.1) is 0 Å². The Labute approximate surface area is 125 Å². The second kappa shape index (κ2) is 6.09. The average molecular weight is 323 g/mol. The van der Waals surface area contributed by atoms with Gasteiger partial charge in [-0.25, -0.2) is 0 Å². The zero-order valence-electron chi connectivity index (χ0n) is 9.79. The molecule has 0 atom stereocenters. The number of rotatable bonds is 2. The van der Waals surface area contributed by atoms with Gasteiger partial charge in [0.05, 0.1) is 13.2 Å². The molecule has 1 aliphatic carbocycles. The summed E-state index contributed by atoms with van der Waals surface area (Å²) in [7, 11) is 0. The SMILES string of the molecule is O=C1C(Cl)=C(Cl)C(=O)C(/C=C/N2CCOCC2)=C1Cl. The Hall–Kier alpha value is -0.810. The van der Waals surface area contributed by atoms with Gasteiger partial charge < -0.3 is 9.64 Å². The second-order valence-electron chi connectivity index (χ2n) is 3.98. The zero-order valence-corrected chi connectivity index (χ0v) is 12.1. The number of carbonyl (C=O) groups excluding carboxylic acids is 2. The average Bonchev–Trinajstić information content (AvgIpc) is 2.44. The quantitative estimate of drug-likeness (QED) is 0.731. The molecule has 1 fully saturated rings. The molecule has 0 N–H and O–H groups in total. The molecule has 0 bridgehead atoms. The Morgan fingerprint density at radius 2 is 1.53 bits per heavy atom. The number of hydrogen-bond acceptors (Lipinski definition) is 4. The molecule has 1 saturated heterocycles.